The van der Waals surface area contributed by atoms with Crippen molar-refractivity contribution in [2.45, 2.75) is 38.8 Å². The average Bonchev–Trinajstić information content (AvgIpc) is 2.58. The SMILES string of the molecule is CC1CN(C(=O)CCC(=O)c2cccc(Cl)c2)CC(C)N1CCN(C)C. The Morgan fingerprint density at radius 1 is 1.15 bits per heavy atom. The first-order valence-corrected chi connectivity index (χ1v) is 9.62. The topological polar surface area (TPSA) is 43.9 Å². The first-order valence-electron chi connectivity index (χ1n) is 9.25. The lowest BCUT2D eigenvalue weighted by Gasteiger charge is -2.44. The van der Waals surface area contributed by atoms with Crippen molar-refractivity contribution in [3.8, 4) is 0 Å². The number of benzene rings is 1. The smallest absolute Gasteiger partial charge is 0.223 e. The Morgan fingerprint density at radius 3 is 2.38 bits per heavy atom. The van der Waals surface area contributed by atoms with Gasteiger partial charge in [0.1, 0.15) is 0 Å². The molecule has 1 heterocycles. The Hall–Kier alpha value is -1.43. The van der Waals surface area contributed by atoms with Gasteiger partial charge in [0.2, 0.25) is 5.91 Å². The number of ketones is 1. The molecule has 1 aromatic carbocycles. The lowest BCUT2D eigenvalue weighted by molar-refractivity contribution is -0.135. The maximum atomic E-state index is 12.6. The molecule has 5 nitrogen and oxygen atoms in total. The van der Waals surface area contributed by atoms with Crippen LogP contribution in [-0.4, -0.2) is 78.7 Å². The standard InChI is InChI=1S/C20H30ClN3O2/c1-15-13-23(14-16(2)24(15)11-10-22(3)4)20(26)9-8-19(25)17-6-5-7-18(21)12-17/h5-7,12,15-16H,8-11,13-14H2,1-4H3. The third-order valence-corrected chi connectivity index (χ3v) is 5.21. The van der Waals surface area contributed by atoms with E-state index in [1.165, 1.54) is 0 Å². The number of carbonyl (C=O) groups excluding carboxylic acids is 2. The number of hydrogen-bond acceptors (Lipinski definition) is 4. The van der Waals surface area contributed by atoms with Gasteiger partial charge in [-0.05, 0) is 40.1 Å². The van der Waals surface area contributed by atoms with Crippen LogP contribution >= 0.6 is 11.6 Å². The largest absolute Gasteiger partial charge is 0.340 e. The Balaban J connectivity index is 1.85. The van der Waals surface area contributed by atoms with Gasteiger partial charge in [-0.25, -0.2) is 0 Å². The van der Waals surface area contributed by atoms with E-state index in [0.29, 0.717) is 22.7 Å². The second-order valence-corrected chi connectivity index (χ2v) is 7.91. The summed E-state index contributed by atoms with van der Waals surface area (Å²) >= 11 is 5.93. The number of amides is 1. The highest BCUT2D eigenvalue weighted by Crippen LogP contribution is 2.18. The van der Waals surface area contributed by atoms with Crippen molar-refractivity contribution in [2.75, 3.05) is 40.3 Å². The van der Waals surface area contributed by atoms with Gasteiger partial charge in [0.25, 0.3) is 0 Å². The van der Waals surface area contributed by atoms with E-state index < -0.39 is 0 Å². The van der Waals surface area contributed by atoms with Crippen molar-refractivity contribution < 1.29 is 9.59 Å². The van der Waals surface area contributed by atoms with Gasteiger partial charge in [0.15, 0.2) is 5.78 Å². The zero-order chi connectivity index (χ0) is 19.3. The summed E-state index contributed by atoms with van der Waals surface area (Å²) in [4.78, 5) is 31.4. The van der Waals surface area contributed by atoms with Crippen LogP contribution in [0.5, 0.6) is 0 Å². The van der Waals surface area contributed by atoms with E-state index in [4.69, 9.17) is 11.6 Å². The number of nitrogens with zero attached hydrogens (tertiary/aromatic N) is 3. The van der Waals surface area contributed by atoms with Crippen molar-refractivity contribution in [3.05, 3.63) is 34.9 Å². The third kappa shape index (κ3) is 5.79. The zero-order valence-corrected chi connectivity index (χ0v) is 17.0. The van der Waals surface area contributed by atoms with E-state index >= 15 is 0 Å². The van der Waals surface area contributed by atoms with Crippen LogP contribution in [0.15, 0.2) is 24.3 Å². The summed E-state index contributed by atoms with van der Waals surface area (Å²) in [5.41, 5.74) is 0.570. The molecule has 1 aromatic rings. The normalized spacial score (nSPS) is 21.2. The van der Waals surface area contributed by atoms with Crippen molar-refractivity contribution in [2.24, 2.45) is 0 Å². The highest BCUT2D eigenvalue weighted by molar-refractivity contribution is 6.31. The Kier molecular flexibility index (Phi) is 7.62. The van der Waals surface area contributed by atoms with Gasteiger partial charge in [-0.2, -0.15) is 0 Å². The fourth-order valence-electron chi connectivity index (χ4n) is 3.50. The first-order chi connectivity index (χ1) is 12.3. The molecule has 0 saturated carbocycles. The third-order valence-electron chi connectivity index (χ3n) is 4.97. The Bertz CT molecular complexity index is 623. The van der Waals surface area contributed by atoms with E-state index in [2.05, 4.69) is 37.7 Å². The monoisotopic (exact) mass is 379 g/mol. The van der Waals surface area contributed by atoms with E-state index in [-0.39, 0.29) is 24.5 Å². The molecular formula is C20H30ClN3O2. The Labute approximate surface area is 161 Å². The van der Waals surface area contributed by atoms with Crippen LogP contribution < -0.4 is 0 Å². The van der Waals surface area contributed by atoms with Crippen molar-refractivity contribution in [1.82, 2.24) is 14.7 Å². The molecule has 2 rings (SSSR count). The van der Waals surface area contributed by atoms with Gasteiger partial charge in [-0.3, -0.25) is 14.5 Å². The highest BCUT2D eigenvalue weighted by atomic mass is 35.5. The van der Waals surface area contributed by atoms with Gasteiger partial charge in [0.05, 0.1) is 0 Å². The lowest BCUT2D eigenvalue weighted by Crippen LogP contribution is -2.59. The minimum Gasteiger partial charge on any atom is -0.340 e. The van der Waals surface area contributed by atoms with Crippen LogP contribution in [0.3, 0.4) is 0 Å². The van der Waals surface area contributed by atoms with Crippen molar-refractivity contribution in [1.29, 1.82) is 0 Å². The minimum atomic E-state index is -0.0356. The summed E-state index contributed by atoms with van der Waals surface area (Å²) in [5, 5.41) is 0.540. The van der Waals surface area contributed by atoms with Gasteiger partial charge < -0.3 is 9.80 Å². The second-order valence-electron chi connectivity index (χ2n) is 7.47. The van der Waals surface area contributed by atoms with E-state index in [1.54, 1.807) is 24.3 Å². The summed E-state index contributed by atoms with van der Waals surface area (Å²) in [6.07, 6.45) is 0.477. The molecule has 144 valence electrons. The molecule has 1 aliphatic heterocycles. The molecule has 0 bridgehead atoms. The molecule has 1 amide bonds. The summed E-state index contributed by atoms with van der Waals surface area (Å²) in [7, 11) is 4.15. The predicted octanol–water partition coefficient (Wildman–Crippen LogP) is 2.79. The fraction of sp³-hybridized carbons (Fsp3) is 0.600. The van der Waals surface area contributed by atoms with Crippen LogP contribution in [0.1, 0.15) is 37.0 Å². The number of rotatable bonds is 7. The summed E-state index contributed by atoms with van der Waals surface area (Å²) in [6, 6.07) is 7.54. The molecule has 1 saturated heterocycles. The van der Waals surface area contributed by atoms with Crippen molar-refractivity contribution in [3.63, 3.8) is 0 Å². The summed E-state index contributed by atoms with van der Waals surface area (Å²) in [5.74, 6) is 0.0258. The van der Waals surface area contributed by atoms with E-state index in [1.807, 2.05) is 4.90 Å². The molecule has 0 aliphatic carbocycles. The maximum Gasteiger partial charge on any atom is 0.223 e. The van der Waals surface area contributed by atoms with Crippen LogP contribution in [0, 0.1) is 0 Å². The van der Waals surface area contributed by atoms with Crippen LogP contribution in [-0.2, 0) is 4.79 Å². The quantitative estimate of drug-likeness (QED) is 0.683. The van der Waals surface area contributed by atoms with E-state index in [0.717, 1.165) is 26.2 Å². The number of halogens is 1. The number of hydrogen-bond donors (Lipinski definition) is 0. The van der Waals surface area contributed by atoms with Gasteiger partial charge >= 0.3 is 0 Å². The number of piperazine rings is 1. The molecule has 26 heavy (non-hydrogen) atoms. The van der Waals surface area contributed by atoms with Crippen LogP contribution in [0.2, 0.25) is 5.02 Å². The minimum absolute atomic E-state index is 0.0356. The fourth-order valence-corrected chi connectivity index (χ4v) is 3.69. The van der Waals surface area contributed by atoms with Gasteiger partial charge in [0, 0.05) is 61.7 Å². The molecule has 0 N–H and O–H groups in total. The summed E-state index contributed by atoms with van der Waals surface area (Å²) < 4.78 is 0. The van der Waals surface area contributed by atoms with Gasteiger partial charge in [-0.15, -0.1) is 0 Å². The average molecular weight is 380 g/mol. The molecule has 1 aliphatic rings. The number of likely N-dealkylation sites (N-methyl/N-ethyl adjacent to an activating group) is 1. The predicted molar refractivity (Wildman–Crippen MR) is 106 cm³/mol. The Morgan fingerprint density at radius 2 is 1.81 bits per heavy atom. The van der Waals surface area contributed by atoms with Crippen LogP contribution in [0.4, 0.5) is 0 Å². The lowest BCUT2D eigenvalue weighted by atomic mass is 10.0. The molecule has 0 spiro atoms. The molecule has 6 heteroatoms. The molecular weight excluding hydrogens is 350 g/mol. The maximum absolute atomic E-state index is 12.6. The van der Waals surface area contributed by atoms with Crippen LogP contribution in [0.25, 0.3) is 0 Å². The molecule has 0 radical (unpaired) electrons. The molecule has 2 atom stereocenters. The highest BCUT2D eigenvalue weighted by Gasteiger charge is 2.31. The molecule has 1 fully saturated rings. The second kappa shape index (κ2) is 9.49. The zero-order valence-electron chi connectivity index (χ0n) is 16.2. The number of Topliss-reactive ketones (excluding diaryl/α,β-unsaturated/α-hetero) is 1. The van der Waals surface area contributed by atoms with E-state index in [9.17, 15) is 9.59 Å². The van der Waals surface area contributed by atoms with Gasteiger partial charge in [-0.1, -0.05) is 23.7 Å². The molecule has 0 aromatic heterocycles. The first kappa shape index (κ1) is 20.9. The van der Waals surface area contributed by atoms with Crippen molar-refractivity contribution >= 4 is 23.3 Å². The number of carbonyl (C=O) groups is 2. The summed E-state index contributed by atoms with van der Waals surface area (Å²) in [6.45, 7) is 7.80. The molecule has 2 unspecified atom stereocenters.